The predicted molar refractivity (Wildman–Crippen MR) is 155 cm³/mol. The summed E-state index contributed by atoms with van der Waals surface area (Å²) in [7, 11) is 0. The molecule has 0 spiro atoms. The first-order valence-corrected chi connectivity index (χ1v) is 13.9. The van der Waals surface area contributed by atoms with Crippen molar-refractivity contribution in [1.82, 2.24) is 0 Å². The summed E-state index contributed by atoms with van der Waals surface area (Å²) >= 11 is 0. The van der Waals surface area contributed by atoms with E-state index in [1.165, 1.54) is 19.1 Å². The Morgan fingerprint density at radius 2 is 1.33 bits per heavy atom. The van der Waals surface area contributed by atoms with Gasteiger partial charge in [-0.25, -0.2) is 14.4 Å². The molecule has 2 aromatic rings. The number of hydrogen-bond donors (Lipinski definition) is 1. The molecule has 0 unspecified atom stereocenters. The molecule has 2 rings (SSSR count). The second-order valence-electron chi connectivity index (χ2n) is 11.0. The molecule has 12 nitrogen and oxygen atoms in total. The van der Waals surface area contributed by atoms with Gasteiger partial charge >= 0.3 is 24.4 Å². The third-order valence-corrected chi connectivity index (χ3v) is 6.28. The fraction of sp³-hybridized carbons (Fsp3) is 0.484. The number of esters is 1. The van der Waals surface area contributed by atoms with Crippen molar-refractivity contribution < 1.29 is 52.3 Å². The van der Waals surface area contributed by atoms with Crippen LogP contribution in [0.15, 0.2) is 48.5 Å². The van der Waals surface area contributed by atoms with Crippen LogP contribution in [-0.2, 0) is 30.2 Å². The Bertz CT molecular complexity index is 1240. The van der Waals surface area contributed by atoms with Crippen LogP contribution in [0.25, 0.3) is 0 Å². The maximum absolute atomic E-state index is 12.5. The highest BCUT2D eigenvalue weighted by Crippen LogP contribution is 2.31. The first-order valence-electron chi connectivity index (χ1n) is 13.9. The molecule has 0 bridgehead atoms. The number of para-hydroxylation sites is 1. The van der Waals surface area contributed by atoms with Gasteiger partial charge in [-0.1, -0.05) is 38.1 Å². The monoisotopic (exact) mass is 603 g/mol. The molecule has 0 amide bonds. The normalized spacial score (nSPS) is 12.7. The van der Waals surface area contributed by atoms with Gasteiger partial charge in [0.1, 0.15) is 35.7 Å². The highest BCUT2D eigenvalue weighted by Gasteiger charge is 2.27. The lowest BCUT2D eigenvalue weighted by molar-refractivity contribution is -0.148. The fourth-order valence-electron chi connectivity index (χ4n) is 3.11. The van der Waals surface area contributed by atoms with Gasteiger partial charge in [-0.3, -0.25) is 4.79 Å². The van der Waals surface area contributed by atoms with Gasteiger partial charge in [0.05, 0.1) is 0 Å². The standard InChI is InChI=1S/C31H41NO11/c1-8-30(4,5)42-28(35)40-24-16-15-21(18-25(24)41-29(36)43-31(6,7)9-2)17-23(32)26(33)37-19-20(3)38-27(34)39-22-13-11-10-12-14-22/h10-16,18,20,23H,8-9,17,19,32H2,1-7H3/t20-,23-/m0/s1. The average molecular weight is 604 g/mol. The molecule has 2 N–H and O–H groups in total. The minimum absolute atomic E-state index is 0.0242. The van der Waals surface area contributed by atoms with Crippen molar-refractivity contribution in [2.45, 2.75) is 91.1 Å². The number of carbonyl (C=O) groups excluding carboxylic acids is 4. The van der Waals surface area contributed by atoms with E-state index >= 15 is 0 Å². The Labute approximate surface area is 251 Å². The summed E-state index contributed by atoms with van der Waals surface area (Å²) in [6, 6.07) is 11.6. The summed E-state index contributed by atoms with van der Waals surface area (Å²) < 4.78 is 36.7. The van der Waals surface area contributed by atoms with Crippen molar-refractivity contribution in [1.29, 1.82) is 0 Å². The van der Waals surface area contributed by atoms with Crippen molar-refractivity contribution in [3.8, 4) is 17.2 Å². The van der Waals surface area contributed by atoms with Crippen LogP contribution in [0.5, 0.6) is 17.2 Å². The summed E-state index contributed by atoms with van der Waals surface area (Å²) in [6.07, 6.45) is -2.71. The molecule has 0 saturated carbocycles. The molecule has 236 valence electrons. The van der Waals surface area contributed by atoms with E-state index in [4.69, 9.17) is 38.9 Å². The average Bonchev–Trinajstić information content (AvgIpc) is 2.92. The predicted octanol–water partition coefficient (Wildman–Crippen LogP) is 6.11. The molecule has 0 aliphatic rings. The Hall–Kier alpha value is -4.32. The summed E-state index contributed by atoms with van der Waals surface area (Å²) in [5.41, 5.74) is 4.94. The van der Waals surface area contributed by atoms with Crippen molar-refractivity contribution >= 4 is 24.4 Å². The largest absolute Gasteiger partial charge is 0.514 e. The minimum Gasteiger partial charge on any atom is -0.461 e. The molecule has 0 aromatic heterocycles. The molecular formula is C31H41NO11. The highest BCUT2D eigenvalue weighted by molar-refractivity contribution is 5.76. The molecule has 0 radical (unpaired) electrons. The highest BCUT2D eigenvalue weighted by atomic mass is 16.8. The van der Waals surface area contributed by atoms with Crippen LogP contribution in [0.3, 0.4) is 0 Å². The molecule has 0 fully saturated rings. The van der Waals surface area contributed by atoms with Crippen LogP contribution in [-0.4, -0.2) is 54.4 Å². The topological polar surface area (TPSA) is 159 Å². The number of hydrogen-bond acceptors (Lipinski definition) is 12. The number of ether oxygens (including phenoxy) is 7. The van der Waals surface area contributed by atoms with Crippen molar-refractivity contribution in [2.75, 3.05) is 6.61 Å². The Morgan fingerprint density at radius 1 is 0.767 bits per heavy atom. The lowest BCUT2D eigenvalue weighted by Crippen LogP contribution is -2.36. The van der Waals surface area contributed by atoms with Gasteiger partial charge < -0.3 is 38.9 Å². The molecule has 2 aromatic carbocycles. The maximum Gasteiger partial charge on any atom is 0.514 e. The SMILES string of the molecule is CCC(C)(C)OC(=O)Oc1ccc(C[C@H](N)C(=O)OC[C@H](C)OC(=O)Oc2ccccc2)cc1OC(=O)OC(C)(C)CC. The molecule has 0 heterocycles. The van der Waals surface area contributed by atoms with E-state index in [0.717, 1.165) is 0 Å². The van der Waals surface area contributed by atoms with Crippen molar-refractivity contribution in [3.05, 3.63) is 54.1 Å². The van der Waals surface area contributed by atoms with Gasteiger partial charge in [0.25, 0.3) is 0 Å². The van der Waals surface area contributed by atoms with E-state index in [-0.39, 0.29) is 24.5 Å². The third-order valence-electron chi connectivity index (χ3n) is 6.28. The van der Waals surface area contributed by atoms with Gasteiger partial charge in [-0.05, 0) is 83.7 Å². The van der Waals surface area contributed by atoms with E-state index in [1.807, 2.05) is 13.8 Å². The summed E-state index contributed by atoms with van der Waals surface area (Å²) in [6.45, 7) is 11.9. The van der Waals surface area contributed by atoms with Gasteiger partial charge in [0.2, 0.25) is 0 Å². The molecule has 0 aliphatic carbocycles. The lowest BCUT2D eigenvalue weighted by atomic mass is 10.1. The zero-order valence-corrected chi connectivity index (χ0v) is 25.7. The van der Waals surface area contributed by atoms with E-state index in [9.17, 15) is 19.2 Å². The number of benzene rings is 2. The molecule has 43 heavy (non-hydrogen) atoms. The van der Waals surface area contributed by atoms with Gasteiger partial charge in [0.15, 0.2) is 11.5 Å². The second kappa shape index (κ2) is 15.8. The van der Waals surface area contributed by atoms with Crippen molar-refractivity contribution in [3.63, 3.8) is 0 Å². The third kappa shape index (κ3) is 12.6. The first kappa shape index (κ1) is 34.9. The van der Waals surface area contributed by atoms with Crippen LogP contribution in [0.4, 0.5) is 14.4 Å². The molecule has 12 heteroatoms. The number of nitrogens with two attached hydrogens (primary N) is 1. The Morgan fingerprint density at radius 3 is 1.88 bits per heavy atom. The molecular weight excluding hydrogens is 562 g/mol. The smallest absolute Gasteiger partial charge is 0.461 e. The second-order valence-corrected chi connectivity index (χ2v) is 11.0. The summed E-state index contributed by atoms with van der Waals surface area (Å²) in [4.78, 5) is 49.4. The van der Waals surface area contributed by atoms with Gasteiger partial charge in [-0.2, -0.15) is 0 Å². The molecule has 2 atom stereocenters. The van der Waals surface area contributed by atoms with E-state index in [1.54, 1.807) is 64.1 Å². The Balaban J connectivity index is 2.05. The number of carbonyl (C=O) groups is 4. The Kier molecular flexibility index (Phi) is 12.8. The zero-order chi connectivity index (χ0) is 32.2. The quantitative estimate of drug-likeness (QED) is 0.159. The molecule has 0 aliphatic heterocycles. The summed E-state index contributed by atoms with van der Waals surface area (Å²) in [5.74, 6) is -0.691. The first-order chi connectivity index (χ1) is 20.1. The summed E-state index contributed by atoms with van der Waals surface area (Å²) in [5, 5.41) is 0. The van der Waals surface area contributed by atoms with E-state index in [2.05, 4.69) is 0 Å². The zero-order valence-electron chi connectivity index (χ0n) is 25.7. The van der Waals surface area contributed by atoms with Crippen LogP contribution in [0, 0.1) is 0 Å². The van der Waals surface area contributed by atoms with Crippen molar-refractivity contribution in [2.24, 2.45) is 5.73 Å². The van der Waals surface area contributed by atoms with E-state index < -0.39 is 47.8 Å². The lowest BCUT2D eigenvalue weighted by Gasteiger charge is -2.24. The van der Waals surface area contributed by atoms with Crippen LogP contribution in [0.2, 0.25) is 0 Å². The van der Waals surface area contributed by atoms with Gasteiger partial charge in [-0.15, -0.1) is 0 Å². The minimum atomic E-state index is -1.12. The van der Waals surface area contributed by atoms with Crippen LogP contribution >= 0.6 is 0 Å². The fourth-order valence-corrected chi connectivity index (χ4v) is 3.11. The molecule has 0 saturated heterocycles. The maximum atomic E-state index is 12.5. The van der Waals surface area contributed by atoms with E-state index in [0.29, 0.717) is 24.2 Å². The van der Waals surface area contributed by atoms with Gasteiger partial charge in [0, 0.05) is 0 Å². The van der Waals surface area contributed by atoms with Crippen LogP contribution < -0.4 is 19.9 Å². The number of rotatable bonds is 13. The van der Waals surface area contributed by atoms with Crippen LogP contribution in [0.1, 0.15) is 66.9 Å².